The Balaban J connectivity index is 1.90. The predicted octanol–water partition coefficient (Wildman–Crippen LogP) is 1.94. The number of aromatic nitrogens is 4. The summed E-state index contributed by atoms with van der Waals surface area (Å²) in [5, 5.41) is 7.76. The molecule has 0 atom stereocenters. The Labute approximate surface area is 121 Å². The van der Waals surface area contributed by atoms with Gasteiger partial charge in [-0.25, -0.2) is 9.97 Å². The van der Waals surface area contributed by atoms with Gasteiger partial charge in [-0.3, -0.25) is 0 Å². The topological polar surface area (TPSA) is 103 Å². The molecule has 0 bridgehead atoms. The second kappa shape index (κ2) is 6.56. The molecule has 108 valence electrons. The van der Waals surface area contributed by atoms with E-state index in [1.165, 1.54) is 11.8 Å². The van der Waals surface area contributed by atoms with Gasteiger partial charge in [-0.2, -0.15) is 4.98 Å². The number of anilines is 2. The summed E-state index contributed by atoms with van der Waals surface area (Å²) in [7, 11) is 0. The molecule has 0 saturated carbocycles. The van der Waals surface area contributed by atoms with E-state index in [1.807, 2.05) is 20.1 Å². The minimum absolute atomic E-state index is 0.245. The van der Waals surface area contributed by atoms with Crippen LogP contribution < -0.4 is 11.1 Å². The molecule has 0 aliphatic rings. The van der Waals surface area contributed by atoms with Gasteiger partial charge < -0.3 is 15.6 Å². The third-order valence-corrected chi connectivity index (χ3v) is 3.09. The predicted molar refractivity (Wildman–Crippen MR) is 78.8 cm³/mol. The third kappa shape index (κ3) is 3.83. The van der Waals surface area contributed by atoms with Gasteiger partial charge in [0, 0.05) is 24.9 Å². The zero-order chi connectivity index (χ0) is 14.5. The number of hydrogen-bond acceptors (Lipinski definition) is 8. The molecule has 7 nitrogen and oxygen atoms in total. The summed E-state index contributed by atoms with van der Waals surface area (Å²) >= 11 is 1.45. The molecule has 0 radical (unpaired) electrons. The minimum atomic E-state index is 0.245. The van der Waals surface area contributed by atoms with Crippen molar-refractivity contribution in [1.29, 1.82) is 0 Å². The van der Waals surface area contributed by atoms with Crippen molar-refractivity contribution in [3.63, 3.8) is 0 Å². The zero-order valence-corrected chi connectivity index (χ0v) is 12.6. The molecule has 3 N–H and O–H groups in total. The third-order valence-electron chi connectivity index (χ3n) is 2.54. The van der Waals surface area contributed by atoms with Crippen LogP contribution in [0.3, 0.4) is 0 Å². The SMILES string of the molecule is CSc1nc(N)cc(NCCc2noc(C(C)C)n2)n1. The highest BCUT2D eigenvalue weighted by atomic mass is 32.2. The van der Waals surface area contributed by atoms with Gasteiger partial charge in [0.05, 0.1) is 0 Å². The number of nitrogen functional groups attached to an aromatic ring is 1. The van der Waals surface area contributed by atoms with Crippen LogP contribution in [0, 0.1) is 0 Å². The Morgan fingerprint density at radius 2 is 2.15 bits per heavy atom. The lowest BCUT2D eigenvalue weighted by Crippen LogP contribution is -2.09. The molecule has 2 aromatic heterocycles. The van der Waals surface area contributed by atoms with Gasteiger partial charge in [-0.05, 0) is 6.26 Å². The van der Waals surface area contributed by atoms with Crippen molar-refractivity contribution in [2.24, 2.45) is 0 Å². The van der Waals surface area contributed by atoms with E-state index in [2.05, 4.69) is 25.4 Å². The van der Waals surface area contributed by atoms with Gasteiger partial charge in [0.15, 0.2) is 11.0 Å². The summed E-state index contributed by atoms with van der Waals surface area (Å²) in [6.07, 6.45) is 2.57. The van der Waals surface area contributed by atoms with Crippen molar-refractivity contribution in [2.45, 2.75) is 31.3 Å². The van der Waals surface area contributed by atoms with Gasteiger partial charge in [0.25, 0.3) is 0 Å². The molecule has 0 aliphatic heterocycles. The molecule has 0 fully saturated rings. The van der Waals surface area contributed by atoms with E-state index in [9.17, 15) is 0 Å². The van der Waals surface area contributed by atoms with E-state index in [-0.39, 0.29) is 5.92 Å². The quantitative estimate of drug-likeness (QED) is 0.615. The molecule has 2 rings (SSSR count). The number of nitrogens with one attached hydrogen (secondary N) is 1. The maximum absolute atomic E-state index is 5.71. The van der Waals surface area contributed by atoms with Gasteiger partial charge in [0.2, 0.25) is 5.89 Å². The summed E-state index contributed by atoms with van der Waals surface area (Å²) in [6.45, 7) is 4.69. The van der Waals surface area contributed by atoms with E-state index < -0.39 is 0 Å². The summed E-state index contributed by atoms with van der Waals surface area (Å²) in [5.74, 6) is 2.75. The Kier molecular flexibility index (Phi) is 4.78. The molecule has 0 amide bonds. The van der Waals surface area contributed by atoms with E-state index in [4.69, 9.17) is 10.3 Å². The summed E-state index contributed by atoms with van der Waals surface area (Å²) < 4.78 is 5.15. The molecule has 0 unspecified atom stereocenters. The van der Waals surface area contributed by atoms with Gasteiger partial charge in [0.1, 0.15) is 11.6 Å². The summed E-state index contributed by atoms with van der Waals surface area (Å²) in [5.41, 5.74) is 5.71. The molecule has 0 aromatic carbocycles. The normalized spacial score (nSPS) is 11.0. The first-order valence-electron chi connectivity index (χ1n) is 6.33. The second-order valence-electron chi connectivity index (χ2n) is 4.55. The van der Waals surface area contributed by atoms with Crippen molar-refractivity contribution < 1.29 is 4.52 Å². The van der Waals surface area contributed by atoms with Crippen molar-refractivity contribution in [3.8, 4) is 0 Å². The van der Waals surface area contributed by atoms with Crippen LogP contribution in [0.15, 0.2) is 15.7 Å². The van der Waals surface area contributed by atoms with Crippen LogP contribution in [0.5, 0.6) is 0 Å². The van der Waals surface area contributed by atoms with Crippen LogP contribution in [0.1, 0.15) is 31.5 Å². The fourth-order valence-electron chi connectivity index (χ4n) is 1.53. The van der Waals surface area contributed by atoms with Crippen molar-refractivity contribution in [1.82, 2.24) is 20.1 Å². The fraction of sp³-hybridized carbons (Fsp3) is 0.500. The van der Waals surface area contributed by atoms with Crippen LogP contribution in [0.25, 0.3) is 0 Å². The van der Waals surface area contributed by atoms with Crippen molar-refractivity contribution >= 4 is 23.4 Å². The largest absolute Gasteiger partial charge is 0.383 e. The van der Waals surface area contributed by atoms with Gasteiger partial charge >= 0.3 is 0 Å². The average molecular weight is 294 g/mol. The fourth-order valence-corrected chi connectivity index (χ4v) is 1.92. The van der Waals surface area contributed by atoms with Gasteiger partial charge in [-0.1, -0.05) is 30.8 Å². The summed E-state index contributed by atoms with van der Waals surface area (Å²) in [4.78, 5) is 12.7. The first-order chi connectivity index (χ1) is 9.58. The Hall–Kier alpha value is -1.83. The standard InChI is InChI=1S/C12H18N6OS/c1-7(2)11-16-9(18-19-11)4-5-14-10-6-8(13)15-12(17-10)20-3/h6-7H,4-5H2,1-3H3,(H3,13,14,15,17). The van der Waals surface area contributed by atoms with E-state index in [0.717, 1.165) is 0 Å². The monoisotopic (exact) mass is 294 g/mol. The smallest absolute Gasteiger partial charge is 0.229 e. The van der Waals surface area contributed by atoms with Crippen LogP contribution in [0.4, 0.5) is 11.6 Å². The molecule has 2 heterocycles. The van der Waals surface area contributed by atoms with Crippen molar-refractivity contribution in [2.75, 3.05) is 23.9 Å². The zero-order valence-electron chi connectivity index (χ0n) is 11.8. The molecule has 0 saturated heterocycles. The highest BCUT2D eigenvalue weighted by Crippen LogP contribution is 2.15. The number of hydrogen-bond donors (Lipinski definition) is 2. The maximum atomic E-state index is 5.71. The molecule has 0 aliphatic carbocycles. The van der Waals surface area contributed by atoms with Crippen LogP contribution in [-0.2, 0) is 6.42 Å². The lowest BCUT2D eigenvalue weighted by Gasteiger charge is -2.05. The highest BCUT2D eigenvalue weighted by Gasteiger charge is 2.09. The molecular weight excluding hydrogens is 276 g/mol. The lowest BCUT2D eigenvalue weighted by atomic mass is 10.2. The number of nitrogens with two attached hydrogens (primary N) is 1. The number of thioether (sulfide) groups is 1. The Morgan fingerprint density at radius 1 is 1.35 bits per heavy atom. The number of rotatable bonds is 6. The van der Waals surface area contributed by atoms with E-state index in [0.29, 0.717) is 41.5 Å². The summed E-state index contributed by atoms with van der Waals surface area (Å²) in [6, 6.07) is 1.70. The first kappa shape index (κ1) is 14.6. The maximum Gasteiger partial charge on any atom is 0.229 e. The number of nitrogens with zero attached hydrogens (tertiary/aromatic N) is 4. The minimum Gasteiger partial charge on any atom is -0.383 e. The molecule has 0 spiro atoms. The highest BCUT2D eigenvalue weighted by molar-refractivity contribution is 7.98. The average Bonchev–Trinajstić information content (AvgIpc) is 2.87. The molecular formula is C12H18N6OS. The van der Waals surface area contributed by atoms with E-state index in [1.54, 1.807) is 6.07 Å². The Bertz CT molecular complexity index is 571. The second-order valence-corrected chi connectivity index (χ2v) is 5.32. The molecule has 20 heavy (non-hydrogen) atoms. The van der Waals surface area contributed by atoms with Crippen LogP contribution >= 0.6 is 11.8 Å². The Morgan fingerprint density at radius 3 is 2.80 bits per heavy atom. The molecule has 2 aromatic rings. The van der Waals surface area contributed by atoms with Gasteiger partial charge in [-0.15, -0.1) is 0 Å². The lowest BCUT2D eigenvalue weighted by molar-refractivity contribution is 0.361. The van der Waals surface area contributed by atoms with Crippen LogP contribution in [-0.4, -0.2) is 32.9 Å². The molecule has 8 heteroatoms. The van der Waals surface area contributed by atoms with E-state index >= 15 is 0 Å². The first-order valence-corrected chi connectivity index (χ1v) is 7.56. The van der Waals surface area contributed by atoms with Crippen LogP contribution in [0.2, 0.25) is 0 Å². The van der Waals surface area contributed by atoms with Crippen molar-refractivity contribution in [3.05, 3.63) is 17.8 Å².